The number of nitrogens with zero attached hydrogens (tertiary/aromatic N) is 3. The molecule has 1 saturated heterocycles. The maximum Gasteiger partial charge on any atom is 0.272 e. The van der Waals surface area contributed by atoms with E-state index in [1.165, 1.54) is 10.6 Å². The molecule has 2 aromatic heterocycles. The Labute approximate surface area is 159 Å². The molecule has 3 heterocycles. The van der Waals surface area contributed by atoms with Gasteiger partial charge >= 0.3 is 0 Å². The number of carbonyl (C=O) groups is 1. The van der Waals surface area contributed by atoms with E-state index in [0.717, 1.165) is 18.7 Å². The van der Waals surface area contributed by atoms with Gasteiger partial charge in [-0.15, -0.1) is 0 Å². The fraction of sp³-hybridized carbons (Fsp3) is 0.556. The first-order chi connectivity index (χ1) is 12.9. The van der Waals surface area contributed by atoms with Crippen LogP contribution in [0.15, 0.2) is 24.4 Å². The molecule has 0 spiro atoms. The number of nitrogens with one attached hydrogen (secondary N) is 1. The highest BCUT2D eigenvalue weighted by Crippen LogP contribution is 2.29. The average Bonchev–Trinajstić information content (AvgIpc) is 3.04. The van der Waals surface area contributed by atoms with Gasteiger partial charge in [-0.1, -0.05) is 6.07 Å². The van der Waals surface area contributed by atoms with Crippen molar-refractivity contribution in [3.63, 3.8) is 0 Å². The molecule has 3 rings (SSSR count). The third kappa shape index (κ3) is 4.48. The number of carbonyl (C=O) groups excluding carboxylic acids is 1. The van der Waals surface area contributed by atoms with Crippen LogP contribution in [0, 0.1) is 0 Å². The molecule has 27 heavy (non-hydrogen) atoms. The fourth-order valence-corrected chi connectivity index (χ4v) is 4.40. The zero-order chi connectivity index (χ0) is 19.4. The molecule has 0 aromatic carbocycles. The van der Waals surface area contributed by atoms with Crippen LogP contribution < -0.4 is 5.32 Å². The number of aliphatic hydroxyl groups excluding tert-OH is 1. The number of aliphatic hydroxyl groups is 1. The molecule has 0 radical (unpaired) electrons. The SMILES string of the molecule is CS(=O)(=O)N1CCC[C@@H](c2nc(C(=O)NCCCCO)c3ccccn23)C1. The highest BCUT2D eigenvalue weighted by atomic mass is 32.2. The number of sulfonamides is 1. The molecule has 0 bridgehead atoms. The zero-order valence-electron chi connectivity index (χ0n) is 15.5. The Morgan fingerprint density at radius 2 is 2.19 bits per heavy atom. The van der Waals surface area contributed by atoms with Gasteiger partial charge in [-0.05, 0) is 37.8 Å². The number of amides is 1. The quantitative estimate of drug-likeness (QED) is 0.681. The van der Waals surface area contributed by atoms with Crippen LogP contribution >= 0.6 is 0 Å². The van der Waals surface area contributed by atoms with Gasteiger partial charge in [0.25, 0.3) is 5.91 Å². The molecule has 1 atom stereocenters. The van der Waals surface area contributed by atoms with Crippen LogP contribution in [0.1, 0.15) is 47.9 Å². The molecule has 1 fully saturated rings. The van der Waals surface area contributed by atoms with E-state index >= 15 is 0 Å². The van der Waals surface area contributed by atoms with Gasteiger partial charge in [0.05, 0.1) is 11.8 Å². The Bertz CT molecular complexity index is 909. The Hall–Kier alpha value is -1.97. The minimum Gasteiger partial charge on any atom is -0.396 e. The Morgan fingerprint density at radius 3 is 2.93 bits per heavy atom. The number of imidazole rings is 1. The molecule has 8 nitrogen and oxygen atoms in total. The van der Waals surface area contributed by atoms with Gasteiger partial charge in [0.1, 0.15) is 5.82 Å². The summed E-state index contributed by atoms with van der Waals surface area (Å²) < 4.78 is 27.2. The van der Waals surface area contributed by atoms with Gasteiger partial charge in [0.15, 0.2) is 5.69 Å². The van der Waals surface area contributed by atoms with Gasteiger partial charge in [-0.25, -0.2) is 17.7 Å². The normalized spacial score (nSPS) is 18.7. The maximum absolute atomic E-state index is 12.6. The van der Waals surface area contributed by atoms with Crippen molar-refractivity contribution in [3.05, 3.63) is 35.9 Å². The minimum absolute atomic E-state index is 0.0562. The lowest BCUT2D eigenvalue weighted by molar-refractivity contribution is 0.0949. The number of piperidine rings is 1. The molecule has 2 N–H and O–H groups in total. The first-order valence-electron chi connectivity index (χ1n) is 9.23. The van der Waals surface area contributed by atoms with Gasteiger partial charge < -0.3 is 14.8 Å². The van der Waals surface area contributed by atoms with E-state index in [-0.39, 0.29) is 18.4 Å². The minimum atomic E-state index is -3.25. The molecule has 1 amide bonds. The molecule has 1 aliphatic heterocycles. The summed E-state index contributed by atoms with van der Waals surface area (Å²) in [5.74, 6) is 0.414. The van der Waals surface area contributed by atoms with E-state index in [0.29, 0.717) is 43.7 Å². The topological polar surface area (TPSA) is 104 Å². The van der Waals surface area contributed by atoms with E-state index in [1.807, 2.05) is 28.8 Å². The lowest BCUT2D eigenvalue weighted by atomic mass is 9.99. The van der Waals surface area contributed by atoms with Crippen molar-refractivity contribution >= 4 is 21.4 Å². The van der Waals surface area contributed by atoms with Crippen molar-refractivity contribution in [2.75, 3.05) is 32.5 Å². The van der Waals surface area contributed by atoms with Gasteiger partial charge in [0, 0.05) is 38.4 Å². The predicted octanol–water partition coefficient (Wildman–Crippen LogP) is 0.976. The molecule has 2 aromatic rings. The number of hydrogen-bond donors (Lipinski definition) is 2. The Kier molecular flexibility index (Phi) is 6.13. The number of rotatable bonds is 7. The number of hydrogen-bond acceptors (Lipinski definition) is 5. The van der Waals surface area contributed by atoms with Crippen LogP contribution in [0.4, 0.5) is 0 Å². The molecule has 0 unspecified atom stereocenters. The molecule has 0 aliphatic carbocycles. The second kappa shape index (κ2) is 8.37. The van der Waals surface area contributed by atoms with Crippen molar-refractivity contribution in [1.82, 2.24) is 19.0 Å². The van der Waals surface area contributed by atoms with E-state index in [1.54, 1.807) is 0 Å². The molecular weight excluding hydrogens is 368 g/mol. The highest BCUT2D eigenvalue weighted by molar-refractivity contribution is 7.88. The summed E-state index contributed by atoms with van der Waals surface area (Å²) in [5, 5.41) is 11.7. The monoisotopic (exact) mass is 394 g/mol. The van der Waals surface area contributed by atoms with Crippen molar-refractivity contribution in [3.8, 4) is 0 Å². The van der Waals surface area contributed by atoms with E-state index < -0.39 is 10.0 Å². The van der Waals surface area contributed by atoms with Crippen LogP contribution in [0.5, 0.6) is 0 Å². The van der Waals surface area contributed by atoms with Crippen LogP contribution in [0.3, 0.4) is 0 Å². The molecular formula is C18H26N4O4S. The molecule has 148 valence electrons. The summed E-state index contributed by atoms with van der Waals surface area (Å²) in [6.45, 7) is 1.49. The van der Waals surface area contributed by atoms with Crippen molar-refractivity contribution in [2.24, 2.45) is 0 Å². The zero-order valence-corrected chi connectivity index (χ0v) is 16.3. The lowest BCUT2D eigenvalue weighted by Gasteiger charge is -2.30. The molecule has 9 heteroatoms. The standard InChI is InChI=1S/C18H26N4O4S/c1-27(25,26)21-10-6-7-14(13-21)17-20-16(15-8-2-4-11-22(15)17)18(24)19-9-3-5-12-23/h2,4,8,11,14,23H,3,5-7,9-10,12-13H2,1H3,(H,19,24)/t14-/m1/s1. The summed E-state index contributed by atoms with van der Waals surface area (Å²) >= 11 is 0. The van der Waals surface area contributed by atoms with E-state index in [4.69, 9.17) is 5.11 Å². The second-order valence-corrected chi connectivity index (χ2v) is 8.90. The Balaban J connectivity index is 1.87. The number of unbranched alkanes of at least 4 members (excludes halogenated alkanes) is 1. The second-order valence-electron chi connectivity index (χ2n) is 6.92. The predicted molar refractivity (Wildman–Crippen MR) is 102 cm³/mol. The summed E-state index contributed by atoms with van der Waals surface area (Å²) in [4.78, 5) is 17.2. The summed E-state index contributed by atoms with van der Waals surface area (Å²) in [7, 11) is -3.25. The first kappa shape index (κ1) is 19.8. The third-order valence-corrected chi connectivity index (χ3v) is 6.15. The smallest absolute Gasteiger partial charge is 0.272 e. The summed E-state index contributed by atoms with van der Waals surface area (Å²) in [6.07, 6.45) is 6.02. The van der Waals surface area contributed by atoms with Gasteiger partial charge in [0.2, 0.25) is 10.0 Å². The van der Waals surface area contributed by atoms with Crippen LogP contribution in [-0.4, -0.2) is 65.6 Å². The molecule has 0 saturated carbocycles. The van der Waals surface area contributed by atoms with Crippen molar-refractivity contribution in [1.29, 1.82) is 0 Å². The summed E-state index contributed by atoms with van der Waals surface area (Å²) in [5.41, 5.74) is 1.06. The Morgan fingerprint density at radius 1 is 1.37 bits per heavy atom. The van der Waals surface area contributed by atoms with Crippen molar-refractivity contribution in [2.45, 2.75) is 31.6 Å². The first-order valence-corrected chi connectivity index (χ1v) is 11.1. The molecule has 1 aliphatic rings. The average molecular weight is 394 g/mol. The largest absolute Gasteiger partial charge is 0.396 e. The highest BCUT2D eigenvalue weighted by Gasteiger charge is 2.30. The van der Waals surface area contributed by atoms with Crippen LogP contribution in [-0.2, 0) is 10.0 Å². The lowest BCUT2D eigenvalue weighted by Crippen LogP contribution is -2.38. The van der Waals surface area contributed by atoms with Crippen LogP contribution in [0.25, 0.3) is 5.52 Å². The fourth-order valence-electron chi connectivity index (χ4n) is 3.49. The van der Waals surface area contributed by atoms with Crippen molar-refractivity contribution < 1.29 is 18.3 Å². The van der Waals surface area contributed by atoms with Gasteiger partial charge in [-0.2, -0.15) is 0 Å². The van der Waals surface area contributed by atoms with E-state index in [2.05, 4.69) is 10.3 Å². The number of aromatic nitrogens is 2. The van der Waals surface area contributed by atoms with Gasteiger partial charge in [-0.3, -0.25) is 4.79 Å². The number of pyridine rings is 1. The number of fused-ring (bicyclic) bond motifs is 1. The maximum atomic E-state index is 12.6. The van der Waals surface area contributed by atoms with Crippen LogP contribution in [0.2, 0.25) is 0 Å². The third-order valence-electron chi connectivity index (χ3n) is 4.88. The summed E-state index contributed by atoms with van der Waals surface area (Å²) in [6, 6.07) is 5.57. The van der Waals surface area contributed by atoms with E-state index in [9.17, 15) is 13.2 Å².